The second-order valence-electron chi connectivity index (χ2n) is 5.60. The van der Waals surface area contributed by atoms with Crippen LogP contribution in [0.25, 0.3) is 0 Å². The summed E-state index contributed by atoms with van der Waals surface area (Å²) >= 11 is 0. The van der Waals surface area contributed by atoms with Crippen LogP contribution in [0.2, 0.25) is 0 Å². The highest BCUT2D eigenvalue weighted by Gasteiger charge is 2.23. The third-order valence-corrected chi connectivity index (χ3v) is 4.23. The summed E-state index contributed by atoms with van der Waals surface area (Å²) in [6.07, 6.45) is 3.56. The Morgan fingerprint density at radius 2 is 1.83 bits per heavy atom. The molecule has 3 rings (SSSR count). The lowest BCUT2D eigenvalue weighted by Gasteiger charge is -2.33. The highest BCUT2D eigenvalue weighted by molar-refractivity contribution is 5.52. The highest BCUT2D eigenvalue weighted by atomic mass is 16.6. The number of nitrogens with two attached hydrogens (primary N) is 2. The van der Waals surface area contributed by atoms with Crippen LogP contribution in [0.5, 0.6) is 0 Å². The Hall–Kier alpha value is -2.90. The first-order chi connectivity index (χ1) is 11.0. The van der Waals surface area contributed by atoms with Gasteiger partial charge in [-0.25, -0.2) is 4.98 Å². The molecule has 4 N–H and O–H groups in total. The van der Waals surface area contributed by atoms with Gasteiger partial charge in [-0.2, -0.15) is 4.98 Å². The zero-order valence-corrected chi connectivity index (χ0v) is 12.6. The first-order valence-corrected chi connectivity index (χ1v) is 7.42. The highest BCUT2D eigenvalue weighted by Crippen LogP contribution is 2.32. The topological polar surface area (TPSA) is 124 Å². The predicted octanol–water partition coefficient (Wildman–Crippen LogP) is 1.93. The van der Waals surface area contributed by atoms with Gasteiger partial charge in [0, 0.05) is 42.7 Å². The van der Waals surface area contributed by atoms with Crippen molar-refractivity contribution >= 4 is 23.1 Å². The summed E-state index contributed by atoms with van der Waals surface area (Å²) in [6.45, 7) is 1.71. The van der Waals surface area contributed by atoms with Crippen molar-refractivity contribution in [2.75, 3.05) is 29.5 Å². The third kappa shape index (κ3) is 3.15. The fourth-order valence-corrected chi connectivity index (χ4v) is 2.97. The average molecular weight is 314 g/mol. The zero-order chi connectivity index (χ0) is 16.4. The fraction of sp³-hybridized carbons (Fsp3) is 0.333. The van der Waals surface area contributed by atoms with Crippen LogP contribution in [0.1, 0.15) is 24.3 Å². The van der Waals surface area contributed by atoms with Crippen molar-refractivity contribution in [2.24, 2.45) is 0 Å². The fourth-order valence-electron chi connectivity index (χ4n) is 2.97. The molecule has 2 heterocycles. The molecule has 2 aromatic rings. The predicted molar refractivity (Wildman–Crippen MR) is 88.1 cm³/mol. The maximum Gasteiger partial charge on any atom is 0.269 e. The lowest BCUT2D eigenvalue weighted by atomic mass is 9.90. The molecular formula is C15H18N6O2. The monoisotopic (exact) mass is 314 g/mol. The summed E-state index contributed by atoms with van der Waals surface area (Å²) in [4.78, 5) is 20.6. The molecule has 120 valence electrons. The minimum absolute atomic E-state index is 0.107. The van der Waals surface area contributed by atoms with E-state index in [2.05, 4.69) is 14.9 Å². The number of benzene rings is 1. The molecule has 0 spiro atoms. The first-order valence-electron chi connectivity index (χ1n) is 7.42. The molecule has 8 nitrogen and oxygen atoms in total. The molecule has 1 saturated heterocycles. The van der Waals surface area contributed by atoms with E-state index in [1.54, 1.807) is 18.3 Å². The van der Waals surface area contributed by atoms with Crippen LogP contribution in [0.4, 0.5) is 23.1 Å². The SMILES string of the molecule is Nc1ncc(C2CCN(c3ccc([N+](=O)[O-])cc3)CC2)c(N)n1. The summed E-state index contributed by atoms with van der Waals surface area (Å²) in [7, 11) is 0. The normalized spacial score (nSPS) is 15.6. The molecule has 0 unspecified atom stereocenters. The Bertz CT molecular complexity index is 710. The van der Waals surface area contributed by atoms with Crippen LogP contribution in [0.15, 0.2) is 30.5 Å². The Kier molecular flexibility index (Phi) is 3.96. The number of hydrogen-bond acceptors (Lipinski definition) is 7. The number of nitrogens with zero attached hydrogens (tertiary/aromatic N) is 4. The van der Waals surface area contributed by atoms with Crippen molar-refractivity contribution in [1.82, 2.24) is 9.97 Å². The van der Waals surface area contributed by atoms with Crippen LogP contribution >= 0.6 is 0 Å². The van der Waals surface area contributed by atoms with Crippen LogP contribution in [-0.2, 0) is 0 Å². The van der Waals surface area contributed by atoms with E-state index < -0.39 is 0 Å². The maximum atomic E-state index is 10.7. The molecule has 0 radical (unpaired) electrons. The number of rotatable bonds is 3. The molecule has 0 aliphatic carbocycles. The Balaban J connectivity index is 1.67. The number of non-ortho nitro benzene ring substituents is 1. The van der Waals surface area contributed by atoms with Crippen LogP contribution < -0.4 is 16.4 Å². The van der Waals surface area contributed by atoms with E-state index >= 15 is 0 Å². The number of anilines is 3. The summed E-state index contributed by atoms with van der Waals surface area (Å²) in [5.74, 6) is 0.950. The van der Waals surface area contributed by atoms with Crippen molar-refractivity contribution < 1.29 is 4.92 Å². The van der Waals surface area contributed by atoms with Gasteiger partial charge in [0.1, 0.15) is 5.82 Å². The maximum absolute atomic E-state index is 10.7. The number of nitro benzene ring substituents is 1. The third-order valence-electron chi connectivity index (χ3n) is 4.23. The van der Waals surface area contributed by atoms with E-state index in [0.29, 0.717) is 11.7 Å². The summed E-state index contributed by atoms with van der Waals surface area (Å²) in [6, 6.07) is 6.65. The zero-order valence-electron chi connectivity index (χ0n) is 12.6. The second kappa shape index (κ2) is 6.07. The largest absolute Gasteiger partial charge is 0.383 e. The number of piperidine rings is 1. The van der Waals surface area contributed by atoms with E-state index in [9.17, 15) is 10.1 Å². The lowest BCUT2D eigenvalue weighted by Crippen LogP contribution is -2.33. The van der Waals surface area contributed by atoms with E-state index in [0.717, 1.165) is 37.2 Å². The lowest BCUT2D eigenvalue weighted by molar-refractivity contribution is -0.384. The molecule has 8 heteroatoms. The molecule has 1 aliphatic heterocycles. The molecule has 1 aliphatic rings. The van der Waals surface area contributed by atoms with Gasteiger partial charge >= 0.3 is 0 Å². The van der Waals surface area contributed by atoms with E-state index in [4.69, 9.17) is 11.5 Å². The molecule has 1 aromatic carbocycles. The smallest absolute Gasteiger partial charge is 0.269 e. The van der Waals surface area contributed by atoms with Crippen LogP contribution in [0.3, 0.4) is 0 Å². The van der Waals surface area contributed by atoms with Crippen LogP contribution in [-0.4, -0.2) is 28.0 Å². The minimum Gasteiger partial charge on any atom is -0.383 e. The van der Waals surface area contributed by atoms with Crippen LogP contribution in [0, 0.1) is 10.1 Å². The van der Waals surface area contributed by atoms with Gasteiger partial charge in [0.15, 0.2) is 0 Å². The molecular weight excluding hydrogens is 296 g/mol. The molecule has 0 atom stereocenters. The number of nitrogen functional groups attached to an aromatic ring is 2. The molecule has 1 fully saturated rings. The van der Waals surface area contributed by atoms with Gasteiger partial charge in [-0.3, -0.25) is 10.1 Å². The van der Waals surface area contributed by atoms with E-state index in [-0.39, 0.29) is 16.6 Å². The second-order valence-corrected chi connectivity index (χ2v) is 5.60. The molecule has 1 aromatic heterocycles. The van der Waals surface area contributed by atoms with Crippen molar-refractivity contribution in [3.8, 4) is 0 Å². The van der Waals surface area contributed by atoms with Gasteiger partial charge < -0.3 is 16.4 Å². The number of aromatic nitrogens is 2. The van der Waals surface area contributed by atoms with Crippen molar-refractivity contribution in [3.63, 3.8) is 0 Å². The van der Waals surface area contributed by atoms with Gasteiger partial charge in [-0.05, 0) is 30.9 Å². The van der Waals surface area contributed by atoms with Crippen molar-refractivity contribution in [3.05, 3.63) is 46.1 Å². The van der Waals surface area contributed by atoms with Crippen molar-refractivity contribution in [2.45, 2.75) is 18.8 Å². The van der Waals surface area contributed by atoms with Gasteiger partial charge in [0.25, 0.3) is 5.69 Å². The van der Waals surface area contributed by atoms with Gasteiger partial charge in [0.05, 0.1) is 4.92 Å². The Labute approximate surface area is 133 Å². The Morgan fingerprint density at radius 3 is 2.39 bits per heavy atom. The summed E-state index contributed by atoms with van der Waals surface area (Å²) in [5.41, 5.74) is 13.5. The van der Waals surface area contributed by atoms with E-state index in [1.165, 1.54) is 12.1 Å². The molecule has 0 saturated carbocycles. The molecule has 23 heavy (non-hydrogen) atoms. The summed E-state index contributed by atoms with van der Waals surface area (Å²) in [5, 5.41) is 10.7. The standard InChI is InChI=1S/C15H18N6O2/c16-14-13(9-18-15(17)19-14)10-5-7-20(8-6-10)11-1-3-12(4-2-11)21(22)23/h1-4,9-10H,5-8H2,(H4,16,17,18,19). The van der Waals surface area contributed by atoms with Crippen molar-refractivity contribution in [1.29, 1.82) is 0 Å². The quantitative estimate of drug-likeness (QED) is 0.655. The first kappa shape index (κ1) is 15.0. The molecule has 0 bridgehead atoms. The Morgan fingerprint density at radius 1 is 1.17 bits per heavy atom. The van der Waals surface area contributed by atoms with Gasteiger partial charge in [0.2, 0.25) is 5.95 Å². The van der Waals surface area contributed by atoms with Gasteiger partial charge in [-0.1, -0.05) is 0 Å². The minimum atomic E-state index is -0.389. The van der Waals surface area contributed by atoms with Gasteiger partial charge in [-0.15, -0.1) is 0 Å². The van der Waals surface area contributed by atoms with E-state index in [1.807, 2.05) is 0 Å². The number of hydrogen-bond donors (Lipinski definition) is 2. The summed E-state index contributed by atoms with van der Waals surface area (Å²) < 4.78 is 0. The molecule has 0 amide bonds. The number of nitro groups is 1. The average Bonchev–Trinajstić information content (AvgIpc) is 2.55.